The SMILES string of the molecule is C[C@@H](Nc1nc(N2CCN(C(=O)[C@H]3CCCN3C(=O)O)CC2)ncc1Cl)c1ccc(Cl)cc1Cl. The zero-order valence-electron chi connectivity index (χ0n) is 18.5. The second-order valence-electron chi connectivity index (χ2n) is 8.34. The van der Waals surface area contributed by atoms with Crippen molar-refractivity contribution in [3.8, 4) is 0 Å². The Morgan fingerprint density at radius 2 is 1.85 bits per heavy atom. The van der Waals surface area contributed by atoms with E-state index in [9.17, 15) is 14.7 Å². The van der Waals surface area contributed by atoms with Crippen molar-refractivity contribution in [3.63, 3.8) is 0 Å². The molecule has 0 saturated carbocycles. The van der Waals surface area contributed by atoms with Crippen molar-refractivity contribution in [2.24, 2.45) is 0 Å². The van der Waals surface area contributed by atoms with Crippen LogP contribution in [0, 0.1) is 0 Å². The minimum absolute atomic E-state index is 0.132. The lowest BCUT2D eigenvalue weighted by molar-refractivity contribution is -0.135. The van der Waals surface area contributed by atoms with Gasteiger partial charge in [0.2, 0.25) is 11.9 Å². The summed E-state index contributed by atoms with van der Waals surface area (Å²) in [5, 5.41) is 14.1. The summed E-state index contributed by atoms with van der Waals surface area (Å²) >= 11 is 18.7. The third-order valence-corrected chi connectivity index (χ3v) is 7.01. The number of rotatable bonds is 5. The molecular formula is C22H25Cl3N6O3. The summed E-state index contributed by atoms with van der Waals surface area (Å²) in [5.74, 6) is 0.848. The molecule has 2 fully saturated rings. The van der Waals surface area contributed by atoms with Crippen molar-refractivity contribution in [1.82, 2.24) is 19.8 Å². The van der Waals surface area contributed by atoms with Crippen LogP contribution in [0.5, 0.6) is 0 Å². The van der Waals surface area contributed by atoms with Gasteiger partial charge < -0.3 is 20.2 Å². The summed E-state index contributed by atoms with van der Waals surface area (Å²) < 4.78 is 0. The van der Waals surface area contributed by atoms with E-state index in [1.807, 2.05) is 17.9 Å². The number of carboxylic acid groups (broad SMARTS) is 1. The number of carbonyl (C=O) groups is 2. The first kappa shape index (κ1) is 24.6. The van der Waals surface area contributed by atoms with Gasteiger partial charge in [0.1, 0.15) is 11.1 Å². The van der Waals surface area contributed by atoms with Crippen molar-refractivity contribution in [1.29, 1.82) is 0 Å². The molecule has 2 N–H and O–H groups in total. The number of hydrogen-bond acceptors (Lipinski definition) is 6. The summed E-state index contributed by atoms with van der Waals surface area (Å²) in [5.41, 5.74) is 0.858. The van der Waals surface area contributed by atoms with Crippen LogP contribution >= 0.6 is 34.8 Å². The van der Waals surface area contributed by atoms with E-state index < -0.39 is 12.1 Å². The molecule has 1 aromatic heterocycles. The highest BCUT2D eigenvalue weighted by Crippen LogP contribution is 2.31. The van der Waals surface area contributed by atoms with Gasteiger partial charge in [-0.3, -0.25) is 9.69 Å². The number of carbonyl (C=O) groups excluding carboxylic acids is 1. The van der Waals surface area contributed by atoms with Crippen LogP contribution in [0.3, 0.4) is 0 Å². The highest BCUT2D eigenvalue weighted by atomic mass is 35.5. The molecule has 2 amide bonds. The minimum atomic E-state index is -1.04. The summed E-state index contributed by atoms with van der Waals surface area (Å²) in [7, 11) is 0. The normalized spacial score (nSPS) is 19.3. The number of amides is 2. The average molecular weight is 528 g/mol. The van der Waals surface area contributed by atoms with E-state index in [1.54, 1.807) is 23.2 Å². The van der Waals surface area contributed by atoms with Crippen molar-refractivity contribution in [2.75, 3.05) is 42.9 Å². The lowest BCUT2D eigenvalue weighted by Gasteiger charge is -2.37. The molecule has 4 rings (SSSR count). The van der Waals surface area contributed by atoms with Crippen molar-refractivity contribution in [3.05, 3.63) is 45.0 Å². The van der Waals surface area contributed by atoms with Gasteiger partial charge in [-0.1, -0.05) is 40.9 Å². The maximum absolute atomic E-state index is 12.9. The number of nitrogens with one attached hydrogen (secondary N) is 1. The molecule has 3 heterocycles. The van der Waals surface area contributed by atoms with Crippen LogP contribution in [-0.4, -0.2) is 75.6 Å². The average Bonchev–Trinajstić information content (AvgIpc) is 3.30. The number of piperazine rings is 1. The number of aromatic nitrogens is 2. The number of hydrogen-bond donors (Lipinski definition) is 2. The van der Waals surface area contributed by atoms with E-state index in [1.165, 1.54) is 4.90 Å². The second-order valence-corrected chi connectivity index (χ2v) is 9.60. The van der Waals surface area contributed by atoms with E-state index in [0.29, 0.717) is 72.4 Å². The van der Waals surface area contributed by atoms with E-state index in [2.05, 4.69) is 15.3 Å². The molecule has 0 unspecified atom stereocenters. The molecule has 34 heavy (non-hydrogen) atoms. The van der Waals surface area contributed by atoms with Gasteiger partial charge >= 0.3 is 6.09 Å². The Labute approximate surface area is 212 Å². The molecule has 12 heteroatoms. The second kappa shape index (κ2) is 10.4. The maximum atomic E-state index is 12.9. The topological polar surface area (TPSA) is 102 Å². The van der Waals surface area contributed by atoms with Gasteiger partial charge in [0.15, 0.2) is 5.82 Å². The summed E-state index contributed by atoms with van der Waals surface area (Å²) in [4.78, 5) is 38.2. The number of nitrogens with zero attached hydrogens (tertiary/aromatic N) is 5. The molecule has 0 radical (unpaired) electrons. The Kier molecular flexibility index (Phi) is 7.54. The molecule has 9 nitrogen and oxygen atoms in total. The number of halogens is 3. The maximum Gasteiger partial charge on any atom is 0.407 e. The van der Waals surface area contributed by atoms with Crippen LogP contribution in [0.15, 0.2) is 24.4 Å². The number of benzene rings is 1. The molecule has 2 aromatic rings. The Balaban J connectivity index is 1.40. The van der Waals surface area contributed by atoms with Crippen molar-refractivity contribution < 1.29 is 14.7 Å². The first-order valence-electron chi connectivity index (χ1n) is 11.0. The third kappa shape index (κ3) is 5.26. The van der Waals surface area contributed by atoms with Gasteiger partial charge in [0.05, 0.1) is 12.2 Å². The van der Waals surface area contributed by atoms with Crippen molar-refractivity contribution >= 4 is 58.6 Å². The summed E-state index contributed by atoms with van der Waals surface area (Å²) in [6.45, 7) is 4.35. The van der Waals surface area contributed by atoms with E-state index >= 15 is 0 Å². The summed E-state index contributed by atoms with van der Waals surface area (Å²) in [6.07, 6.45) is 1.77. The largest absolute Gasteiger partial charge is 0.465 e. The van der Waals surface area contributed by atoms with Crippen LogP contribution in [0.1, 0.15) is 31.4 Å². The van der Waals surface area contributed by atoms with Crippen molar-refractivity contribution in [2.45, 2.75) is 31.8 Å². The molecule has 2 aliphatic rings. The zero-order valence-corrected chi connectivity index (χ0v) is 20.8. The highest BCUT2D eigenvalue weighted by molar-refractivity contribution is 6.35. The highest BCUT2D eigenvalue weighted by Gasteiger charge is 2.37. The smallest absolute Gasteiger partial charge is 0.407 e. The van der Waals surface area contributed by atoms with Gasteiger partial charge in [0.25, 0.3) is 0 Å². The van der Waals surface area contributed by atoms with Gasteiger partial charge in [-0.25, -0.2) is 9.78 Å². The fraction of sp³-hybridized carbons (Fsp3) is 0.455. The van der Waals surface area contributed by atoms with E-state index in [0.717, 1.165) is 5.56 Å². The lowest BCUT2D eigenvalue weighted by Crippen LogP contribution is -2.54. The van der Waals surface area contributed by atoms with E-state index in [4.69, 9.17) is 34.8 Å². The van der Waals surface area contributed by atoms with Crippen LogP contribution in [0.2, 0.25) is 15.1 Å². The van der Waals surface area contributed by atoms with Crippen LogP contribution in [0.25, 0.3) is 0 Å². The van der Waals surface area contributed by atoms with E-state index in [-0.39, 0.29) is 11.9 Å². The molecule has 0 spiro atoms. The molecule has 1 aromatic carbocycles. The molecule has 2 atom stereocenters. The lowest BCUT2D eigenvalue weighted by atomic mass is 10.1. The Morgan fingerprint density at radius 3 is 2.53 bits per heavy atom. The Hall–Kier alpha value is -2.49. The van der Waals surface area contributed by atoms with Gasteiger partial charge in [0, 0.05) is 42.8 Å². The third-order valence-electron chi connectivity index (χ3n) is 6.17. The standard InChI is InChI=1S/C22H25Cl3N6O3/c1-13(15-5-4-14(23)11-16(15)24)27-19-17(25)12-26-21(28-19)30-9-7-29(8-10-30)20(32)18-3-2-6-31(18)22(33)34/h4-5,11-13,18H,2-3,6-10H2,1H3,(H,33,34)(H,26,27,28)/t13-,18-/m1/s1. The molecular weight excluding hydrogens is 503 g/mol. The van der Waals surface area contributed by atoms with Gasteiger partial charge in [-0.15, -0.1) is 0 Å². The zero-order chi connectivity index (χ0) is 24.4. The predicted octanol–water partition coefficient (Wildman–Crippen LogP) is 4.40. The predicted molar refractivity (Wildman–Crippen MR) is 132 cm³/mol. The summed E-state index contributed by atoms with van der Waals surface area (Å²) in [6, 6.07) is 4.54. The minimum Gasteiger partial charge on any atom is -0.465 e. The number of likely N-dealkylation sites (tertiary alicyclic amines) is 1. The van der Waals surface area contributed by atoms with Crippen LogP contribution in [-0.2, 0) is 4.79 Å². The molecule has 0 bridgehead atoms. The molecule has 0 aliphatic carbocycles. The quantitative estimate of drug-likeness (QED) is 0.594. The first-order chi connectivity index (χ1) is 16.2. The molecule has 2 aliphatic heterocycles. The van der Waals surface area contributed by atoms with Crippen LogP contribution < -0.4 is 10.2 Å². The molecule has 182 valence electrons. The van der Waals surface area contributed by atoms with Gasteiger partial charge in [-0.05, 0) is 37.5 Å². The van der Waals surface area contributed by atoms with Crippen LogP contribution in [0.4, 0.5) is 16.6 Å². The fourth-order valence-corrected chi connectivity index (χ4v) is 5.05. The Morgan fingerprint density at radius 1 is 1.12 bits per heavy atom. The van der Waals surface area contributed by atoms with Gasteiger partial charge in [-0.2, -0.15) is 4.98 Å². The fourth-order valence-electron chi connectivity index (χ4n) is 4.34. The monoisotopic (exact) mass is 526 g/mol. The first-order valence-corrected chi connectivity index (χ1v) is 12.2. The molecule has 2 saturated heterocycles. The number of anilines is 2. The Bertz CT molecular complexity index is 1080.